The third kappa shape index (κ3) is 4.09. The van der Waals surface area contributed by atoms with Gasteiger partial charge in [-0.25, -0.2) is 0 Å². The molecule has 1 aromatic carbocycles. The molecule has 3 amide bonds. The van der Waals surface area contributed by atoms with Crippen molar-refractivity contribution in [1.29, 1.82) is 0 Å². The van der Waals surface area contributed by atoms with Crippen molar-refractivity contribution in [2.45, 2.75) is 96.3 Å². The van der Waals surface area contributed by atoms with Crippen LogP contribution >= 0.6 is 0 Å². The Morgan fingerprint density at radius 1 is 1.16 bits per heavy atom. The fraction of sp³-hybridized carbons (Fsp3) is 0.654. The SMILES string of the molecule is CC(N[C@H]1CCCC[C@@H]1Cc1ccc2c(c1)CN(C1CCC(=O)NC1=O)C2=O)C1(C)CC1. The molecule has 2 unspecified atom stereocenters. The highest BCUT2D eigenvalue weighted by Gasteiger charge is 2.44. The van der Waals surface area contributed by atoms with Crippen LogP contribution in [-0.4, -0.2) is 40.7 Å². The molecule has 32 heavy (non-hydrogen) atoms. The normalized spacial score (nSPS) is 30.1. The first-order chi connectivity index (χ1) is 15.3. The summed E-state index contributed by atoms with van der Waals surface area (Å²) in [4.78, 5) is 38.3. The first-order valence-electron chi connectivity index (χ1n) is 12.4. The Kier molecular flexibility index (Phi) is 5.60. The van der Waals surface area contributed by atoms with E-state index in [1.807, 2.05) is 6.07 Å². The molecule has 2 heterocycles. The zero-order valence-electron chi connectivity index (χ0n) is 19.3. The van der Waals surface area contributed by atoms with E-state index in [1.54, 1.807) is 4.90 Å². The van der Waals surface area contributed by atoms with Crippen LogP contribution < -0.4 is 10.6 Å². The van der Waals surface area contributed by atoms with E-state index in [1.165, 1.54) is 44.1 Å². The summed E-state index contributed by atoms with van der Waals surface area (Å²) in [5.74, 6) is -0.0738. The molecule has 172 valence electrons. The number of imide groups is 1. The van der Waals surface area contributed by atoms with Gasteiger partial charge in [0.25, 0.3) is 5.91 Å². The fourth-order valence-electron chi connectivity index (χ4n) is 5.88. The number of carbonyl (C=O) groups is 3. The minimum atomic E-state index is -0.548. The van der Waals surface area contributed by atoms with Gasteiger partial charge in [0.1, 0.15) is 6.04 Å². The lowest BCUT2D eigenvalue weighted by Crippen LogP contribution is -2.52. The Hall–Kier alpha value is -2.21. The van der Waals surface area contributed by atoms with E-state index in [9.17, 15) is 14.4 Å². The zero-order valence-corrected chi connectivity index (χ0v) is 19.3. The Balaban J connectivity index is 1.27. The van der Waals surface area contributed by atoms with E-state index >= 15 is 0 Å². The molecule has 2 aliphatic heterocycles. The summed E-state index contributed by atoms with van der Waals surface area (Å²) in [6.07, 6.45) is 9.48. The topological polar surface area (TPSA) is 78.5 Å². The number of carbonyl (C=O) groups excluding carboxylic acids is 3. The number of nitrogens with zero attached hydrogens (tertiary/aromatic N) is 1. The van der Waals surface area contributed by atoms with E-state index < -0.39 is 6.04 Å². The van der Waals surface area contributed by atoms with Crippen LogP contribution in [0, 0.1) is 11.3 Å². The van der Waals surface area contributed by atoms with Crippen LogP contribution in [0.3, 0.4) is 0 Å². The van der Waals surface area contributed by atoms with E-state index in [-0.39, 0.29) is 24.1 Å². The molecule has 0 bridgehead atoms. The van der Waals surface area contributed by atoms with Gasteiger partial charge in [0.2, 0.25) is 11.8 Å². The lowest BCUT2D eigenvalue weighted by atomic mass is 9.79. The van der Waals surface area contributed by atoms with Crippen molar-refractivity contribution in [2.75, 3.05) is 0 Å². The van der Waals surface area contributed by atoms with Crippen molar-refractivity contribution >= 4 is 17.7 Å². The smallest absolute Gasteiger partial charge is 0.255 e. The molecule has 2 saturated carbocycles. The van der Waals surface area contributed by atoms with Crippen LogP contribution in [0.5, 0.6) is 0 Å². The van der Waals surface area contributed by atoms with Crippen LogP contribution in [0.2, 0.25) is 0 Å². The number of hydrogen-bond donors (Lipinski definition) is 2. The van der Waals surface area contributed by atoms with Crippen molar-refractivity contribution in [2.24, 2.45) is 11.3 Å². The average molecular weight is 438 g/mol. The molecule has 0 spiro atoms. The third-order valence-corrected chi connectivity index (χ3v) is 8.54. The lowest BCUT2D eigenvalue weighted by Gasteiger charge is -2.36. The van der Waals surface area contributed by atoms with E-state index in [4.69, 9.17) is 0 Å². The second kappa shape index (κ2) is 8.29. The molecule has 0 aromatic heterocycles. The number of fused-ring (bicyclic) bond motifs is 1. The minimum Gasteiger partial charge on any atom is -0.322 e. The van der Waals surface area contributed by atoms with Crippen molar-refractivity contribution in [3.05, 3.63) is 34.9 Å². The second-order valence-corrected chi connectivity index (χ2v) is 10.8. The van der Waals surface area contributed by atoms with Crippen LogP contribution in [-0.2, 0) is 22.6 Å². The summed E-state index contributed by atoms with van der Waals surface area (Å²) < 4.78 is 0. The molecular weight excluding hydrogens is 402 g/mol. The van der Waals surface area contributed by atoms with Crippen LogP contribution in [0.25, 0.3) is 0 Å². The molecule has 2 aliphatic carbocycles. The van der Waals surface area contributed by atoms with E-state index in [0.29, 0.717) is 41.9 Å². The van der Waals surface area contributed by atoms with E-state index in [0.717, 1.165) is 12.0 Å². The third-order valence-electron chi connectivity index (χ3n) is 8.54. The Morgan fingerprint density at radius 3 is 2.69 bits per heavy atom. The fourth-order valence-corrected chi connectivity index (χ4v) is 5.88. The Morgan fingerprint density at radius 2 is 1.94 bits per heavy atom. The molecule has 1 saturated heterocycles. The van der Waals surface area contributed by atoms with Gasteiger partial charge in [-0.1, -0.05) is 31.9 Å². The average Bonchev–Trinajstić information content (AvgIpc) is 3.44. The molecule has 1 aromatic rings. The van der Waals surface area contributed by atoms with Gasteiger partial charge in [0.05, 0.1) is 0 Å². The molecule has 5 rings (SSSR count). The van der Waals surface area contributed by atoms with Gasteiger partial charge in [0.15, 0.2) is 0 Å². The number of hydrogen-bond acceptors (Lipinski definition) is 4. The Bertz CT molecular complexity index is 938. The van der Waals surface area contributed by atoms with Crippen LogP contribution in [0.15, 0.2) is 18.2 Å². The zero-order chi connectivity index (χ0) is 22.5. The number of amides is 3. The second-order valence-electron chi connectivity index (χ2n) is 10.8. The number of benzene rings is 1. The maximum Gasteiger partial charge on any atom is 0.255 e. The summed E-state index contributed by atoms with van der Waals surface area (Å²) in [6.45, 7) is 5.20. The highest BCUT2D eigenvalue weighted by atomic mass is 16.2. The van der Waals surface area contributed by atoms with Gasteiger partial charge in [-0.05, 0) is 74.0 Å². The van der Waals surface area contributed by atoms with Gasteiger partial charge in [-0.3, -0.25) is 19.7 Å². The first-order valence-corrected chi connectivity index (χ1v) is 12.4. The quantitative estimate of drug-likeness (QED) is 0.669. The number of piperidine rings is 1. The van der Waals surface area contributed by atoms with Crippen molar-refractivity contribution in [1.82, 2.24) is 15.5 Å². The van der Waals surface area contributed by atoms with Crippen molar-refractivity contribution in [3.63, 3.8) is 0 Å². The summed E-state index contributed by atoms with van der Waals surface area (Å²) >= 11 is 0. The van der Waals surface area contributed by atoms with Crippen LogP contribution in [0.1, 0.15) is 86.7 Å². The monoisotopic (exact) mass is 437 g/mol. The van der Waals surface area contributed by atoms with Gasteiger partial charge in [-0.15, -0.1) is 0 Å². The Labute approximate surface area is 190 Å². The van der Waals surface area contributed by atoms with Crippen molar-refractivity contribution in [3.8, 4) is 0 Å². The maximum absolute atomic E-state index is 12.9. The van der Waals surface area contributed by atoms with E-state index in [2.05, 4.69) is 36.6 Å². The molecule has 6 nitrogen and oxygen atoms in total. The number of nitrogens with one attached hydrogen (secondary N) is 2. The molecule has 0 radical (unpaired) electrons. The molecule has 6 heteroatoms. The van der Waals surface area contributed by atoms with Crippen molar-refractivity contribution < 1.29 is 14.4 Å². The summed E-state index contributed by atoms with van der Waals surface area (Å²) in [6, 6.07) is 6.79. The standard InChI is InChI=1S/C26H35N3O3/c1-16(26(2)11-12-26)27-21-6-4-3-5-18(21)13-17-7-8-20-19(14-17)15-29(25(20)32)22-9-10-23(30)28-24(22)31/h7-8,14,16,18,21-22,27H,3-6,9-13,15H2,1-2H3,(H,28,30,31)/t16?,18-,21+,22?/m1/s1. The largest absolute Gasteiger partial charge is 0.322 e. The molecule has 2 N–H and O–H groups in total. The summed E-state index contributed by atoms with van der Waals surface area (Å²) in [5.41, 5.74) is 3.48. The first kappa shape index (κ1) is 21.6. The highest BCUT2D eigenvalue weighted by Crippen LogP contribution is 2.48. The molecule has 4 aliphatic rings. The number of rotatable bonds is 6. The predicted molar refractivity (Wildman–Crippen MR) is 122 cm³/mol. The molecule has 4 atom stereocenters. The summed E-state index contributed by atoms with van der Waals surface area (Å²) in [5, 5.41) is 6.35. The predicted octanol–water partition coefficient (Wildman–Crippen LogP) is 3.33. The molecule has 3 fully saturated rings. The lowest BCUT2D eigenvalue weighted by molar-refractivity contribution is -0.136. The van der Waals surface area contributed by atoms with Gasteiger partial charge >= 0.3 is 0 Å². The maximum atomic E-state index is 12.9. The van der Waals surface area contributed by atoms with Gasteiger partial charge in [0, 0.05) is 30.6 Å². The minimum absolute atomic E-state index is 0.0928. The van der Waals surface area contributed by atoms with Gasteiger partial charge < -0.3 is 10.2 Å². The highest BCUT2D eigenvalue weighted by molar-refractivity contribution is 6.05. The van der Waals surface area contributed by atoms with Crippen LogP contribution in [0.4, 0.5) is 0 Å². The summed E-state index contributed by atoms with van der Waals surface area (Å²) in [7, 11) is 0. The van der Waals surface area contributed by atoms with Gasteiger partial charge in [-0.2, -0.15) is 0 Å². The molecular formula is C26H35N3O3.